The number of amides is 2. The lowest BCUT2D eigenvalue weighted by Crippen LogP contribution is -2.43. The van der Waals surface area contributed by atoms with Gasteiger partial charge >= 0.3 is 12.0 Å². The summed E-state index contributed by atoms with van der Waals surface area (Å²) < 4.78 is 13.5. The summed E-state index contributed by atoms with van der Waals surface area (Å²) >= 11 is 5.77. The molecule has 1 aromatic rings. The van der Waals surface area contributed by atoms with Crippen molar-refractivity contribution >= 4 is 29.3 Å². The van der Waals surface area contributed by atoms with Crippen molar-refractivity contribution in [1.82, 2.24) is 4.90 Å². The van der Waals surface area contributed by atoms with Gasteiger partial charge in [0.05, 0.1) is 16.8 Å². The molecule has 1 aliphatic heterocycles. The summed E-state index contributed by atoms with van der Waals surface area (Å²) in [6.07, 6.45) is -0.980. The van der Waals surface area contributed by atoms with E-state index in [-0.39, 0.29) is 23.7 Å². The molecule has 0 bridgehead atoms. The molecule has 2 atom stereocenters. The number of nitrogens with zero attached hydrogens (tertiary/aromatic N) is 1. The average molecular weight is 303 g/mol. The van der Waals surface area contributed by atoms with Gasteiger partial charge in [-0.1, -0.05) is 17.7 Å². The highest BCUT2D eigenvalue weighted by atomic mass is 35.5. The number of aliphatic carboxylic acids is 1. The van der Waals surface area contributed by atoms with Crippen molar-refractivity contribution in [1.29, 1.82) is 0 Å². The van der Waals surface area contributed by atoms with E-state index in [4.69, 9.17) is 16.7 Å². The van der Waals surface area contributed by atoms with Crippen molar-refractivity contribution in [3.8, 4) is 0 Å². The van der Waals surface area contributed by atoms with Gasteiger partial charge in [0, 0.05) is 13.0 Å². The molecule has 3 N–H and O–H groups in total. The number of nitrogens with one attached hydrogen (secondary N) is 1. The van der Waals surface area contributed by atoms with Crippen LogP contribution in [0.25, 0.3) is 0 Å². The Labute approximate surface area is 118 Å². The maximum Gasteiger partial charge on any atom is 0.326 e. The Morgan fingerprint density at radius 1 is 1.45 bits per heavy atom. The normalized spacial score (nSPS) is 21.9. The van der Waals surface area contributed by atoms with E-state index in [9.17, 15) is 19.1 Å². The van der Waals surface area contributed by atoms with Crippen molar-refractivity contribution < 1.29 is 24.2 Å². The van der Waals surface area contributed by atoms with Crippen LogP contribution in [0.1, 0.15) is 6.42 Å². The van der Waals surface area contributed by atoms with Crippen LogP contribution in [-0.4, -0.2) is 45.8 Å². The van der Waals surface area contributed by atoms with Crippen LogP contribution in [0.5, 0.6) is 0 Å². The van der Waals surface area contributed by atoms with Gasteiger partial charge in [0.2, 0.25) is 0 Å². The van der Waals surface area contributed by atoms with E-state index in [1.165, 1.54) is 12.1 Å². The van der Waals surface area contributed by atoms with Crippen LogP contribution in [0.15, 0.2) is 18.2 Å². The highest BCUT2D eigenvalue weighted by Crippen LogP contribution is 2.26. The Bertz CT molecular complexity index is 534. The molecule has 20 heavy (non-hydrogen) atoms. The summed E-state index contributed by atoms with van der Waals surface area (Å²) in [6.45, 7) is -0.130. The second kappa shape index (κ2) is 5.64. The number of carboxylic acid groups (broad SMARTS) is 1. The maximum absolute atomic E-state index is 13.5. The van der Waals surface area contributed by atoms with Gasteiger partial charge in [-0.25, -0.2) is 14.0 Å². The molecule has 0 spiro atoms. The quantitative estimate of drug-likeness (QED) is 0.773. The lowest BCUT2D eigenvalue weighted by molar-refractivity contribution is -0.141. The lowest BCUT2D eigenvalue weighted by Gasteiger charge is -2.22. The Morgan fingerprint density at radius 2 is 2.15 bits per heavy atom. The van der Waals surface area contributed by atoms with Crippen molar-refractivity contribution in [3.05, 3.63) is 29.0 Å². The molecule has 8 heteroatoms. The third-order valence-electron chi connectivity index (χ3n) is 3.02. The van der Waals surface area contributed by atoms with Gasteiger partial charge in [-0.2, -0.15) is 0 Å². The summed E-state index contributed by atoms with van der Waals surface area (Å²) in [4.78, 5) is 24.0. The molecule has 1 heterocycles. The van der Waals surface area contributed by atoms with Crippen LogP contribution in [0.4, 0.5) is 14.9 Å². The molecule has 1 fully saturated rings. The fraction of sp³-hybridized carbons (Fsp3) is 0.333. The number of likely N-dealkylation sites (tertiary alicyclic amines) is 1. The van der Waals surface area contributed by atoms with E-state index in [1.807, 2.05) is 0 Å². The first-order chi connectivity index (χ1) is 9.40. The highest BCUT2D eigenvalue weighted by molar-refractivity contribution is 6.33. The summed E-state index contributed by atoms with van der Waals surface area (Å²) in [5.41, 5.74) is -0.218. The van der Waals surface area contributed by atoms with Gasteiger partial charge < -0.3 is 20.4 Å². The number of para-hydroxylation sites is 1. The van der Waals surface area contributed by atoms with Crippen LogP contribution in [-0.2, 0) is 4.79 Å². The highest BCUT2D eigenvalue weighted by Gasteiger charge is 2.39. The van der Waals surface area contributed by atoms with Gasteiger partial charge in [0.15, 0.2) is 0 Å². The molecule has 1 saturated heterocycles. The van der Waals surface area contributed by atoms with E-state index in [0.29, 0.717) is 0 Å². The molecule has 0 aromatic heterocycles. The number of halogens is 2. The number of carbonyl (C=O) groups is 2. The lowest BCUT2D eigenvalue weighted by atomic mass is 10.2. The summed E-state index contributed by atoms with van der Waals surface area (Å²) in [5, 5.41) is 20.7. The molecule has 1 aliphatic rings. The molecular weight excluding hydrogens is 291 g/mol. The molecule has 2 unspecified atom stereocenters. The first-order valence-corrected chi connectivity index (χ1v) is 6.20. The SMILES string of the molecule is O=C(O)C1CC(O)CN1C(=O)Nc1c(F)cccc1Cl. The van der Waals surface area contributed by atoms with E-state index < -0.39 is 30.0 Å². The molecule has 2 amide bonds. The standard InChI is InChI=1S/C12H12ClFN2O4/c13-7-2-1-3-8(14)10(7)15-12(20)16-5-6(17)4-9(16)11(18)19/h1-3,6,9,17H,4-5H2,(H,15,20)(H,18,19). The third kappa shape index (κ3) is 2.83. The van der Waals surface area contributed by atoms with Crippen LogP contribution >= 0.6 is 11.6 Å². The predicted molar refractivity (Wildman–Crippen MR) is 69.2 cm³/mol. The van der Waals surface area contributed by atoms with Crippen LogP contribution in [0.2, 0.25) is 5.02 Å². The monoisotopic (exact) mass is 302 g/mol. The number of carbonyl (C=O) groups excluding carboxylic acids is 1. The van der Waals surface area contributed by atoms with Crippen LogP contribution in [0.3, 0.4) is 0 Å². The van der Waals surface area contributed by atoms with Gasteiger partial charge in [-0.3, -0.25) is 0 Å². The first-order valence-electron chi connectivity index (χ1n) is 5.82. The molecule has 0 saturated carbocycles. The third-order valence-corrected chi connectivity index (χ3v) is 3.33. The minimum absolute atomic E-state index is 0.00460. The number of β-amino-alcohol motifs (C(OH)–C–C–N with tert-alkyl or cyclic N) is 1. The largest absolute Gasteiger partial charge is 0.480 e. The number of carboxylic acids is 1. The zero-order valence-corrected chi connectivity index (χ0v) is 11.0. The van der Waals surface area contributed by atoms with E-state index >= 15 is 0 Å². The zero-order chi connectivity index (χ0) is 14.9. The Kier molecular flexibility index (Phi) is 4.10. The van der Waals surface area contributed by atoms with Crippen LogP contribution < -0.4 is 5.32 Å². The minimum atomic E-state index is -1.23. The molecule has 0 aliphatic carbocycles. The second-order valence-electron chi connectivity index (χ2n) is 4.42. The Morgan fingerprint density at radius 3 is 2.75 bits per heavy atom. The molecular formula is C12H12ClFN2O4. The van der Waals surface area contributed by atoms with E-state index in [1.54, 1.807) is 0 Å². The summed E-state index contributed by atoms with van der Waals surface area (Å²) in [7, 11) is 0. The number of aliphatic hydroxyl groups is 1. The number of hydrogen-bond acceptors (Lipinski definition) is 3. The zero-order valence-electron chi connectivity index (χ0n) is 10.2. The summed E-state index contributed by atoms with van der Waals surface area (Å²) in [5.74, 6) is -1.95. The number of urea groups is 1. The fourth-order valence-electron chi connectivity index (χ4n) is 2.07. The van der Waals surface area contributed by atoms with Crippen molar-refractivity contribution in [2.24, 2.45) is 0 Å². The van der Waals surface area contributed by atoms with Gasteiger partial charge in [0.25, 0.3) is 0 Å². The molecule has 1 aromatic carbocycles. The summed E-state index contributed by atoms with van der Waals surface area (Å²) in [6, 6.07) is 1.94. The van der Waals surface area contributed by atoms with Crippen molar-refractivity contribution in [2.75, 3.05) is 11.9 Å². The second-order valence-corrected chi connectivity index (χ2v) is 4.83. The number of rotatable bonds is 2. The number of aliphatic hydroxyl groups excluding tert-OH is 1. The molecule has 108 valence electrons. The number of anilines is 1. The topological polar surface area (TPSA) is 89.9 Å². The van der Waals surface area contributed by atoms with E-state index in [2.05, 4.69) is 5.32 Å². The minimum Gasteiger partial charge on any atom is -0.480 e. The van der Waals surface area contributed by atoms with Gasteiger partial charge in [0.1, 0.15) is 11.9 Å². The van der Waals surface area contributed by atoms with Gasteiger partial charge in [-0.15, -0.1) is 0 Å². The smallest absolute Gasteiger partial charge is 0.326 e. The predicted octanol–water partition coefficient (Wildman–Crippen LogP) is 1.53. The fourth-order valence-corrected chi connectivity index (χ4v) is 2.28. The number of hydrogen-bond donors (Lipinski definition) is 3. The van der Waals surface area contributed by atoms with Gasteiger partial charge in [-0.05, 0) is 12.1 Å². The number of benzene rings is 1. The Balaban J connectivity index is 2.18. The molecule has 6 nitrogen and oxygen atoms in total. The van der Waals surface area contributed by atoms with Crippen molar-refractivity contribution in [2.45, 2.75) is 18.6 Å². The maximum atomic E-state index is 13.5. The average Bonchev–Trinajstić information content (AvgIpc) is 2.76. The van der Waals surface area contributed by atoms with E-state index in [0.717, 1.165) is 11.0 Å². The Hall–Kier alpha value is -1.86. The molecule has 2 rings (SSSR count). The van der Waals surface area contributed by atoms with Crippen molar-refractivity contribution in [3.63, 3.8) is 0 Å². The first kappa shape index (κ1) is 14.5. The molecule has 0 radical (unpaired) electrons. The van der Waals surface area contributed by atoms with Crippen LogP contribution in [0, 0.1) is 5.82 Å².